The lowest BCUT2D eigenvalue weighted by Crippen LogP contribution is -2.51. The van der Waals surface area contributed by atoms with Crippen molar-refractivity contribution in [2.75, 3.05) is 38.1 Å². The van der Waals surface area contributed by atoms with E-state index >= 15 is 0 Å². The Balaban J connectivity index is 1.48. The molecule has 0 radical (unpaired) electrons. The van der Waals surface area contributed by atoms with Crippen molar-refractivity contribution in [3.05, 3.63) is 77.9 Å². The Bertz CT molecular complexity index is 1650. The summed E-state index contributed by atoms with van der Waals surface area (Å²) in [5, 5.41) is 2.75. The second kappa shape index (κ2) is 11.9. The van der Waals surface area contributed by atoms with E-state index in [1.165, 1.54) is 30.5 Å². The smallest absolute Gasteiger partial charge is 0.264 e. The van der Waals surface area contributed by atoms with Crippen molar-refractivity contribution in [3.8, 4) is 11.5 Å². The minimum absolute atomic E-state index is 0.106. The molecular formula is C30H37N3O7S2. The van der Waals surface area contributed by atoms with Crippen LogP contribution in [-0.4, -0.2) is 66.9 Å². The molecule has 12 heteroatoms. The van der Waals surface area contributed by atoms with Crippen molar-refractivity contribution in [3.63, 3.8) is 0 Å². The minimum Gasteiger partial charge on any atom is -0.492 e. The topological polar surface area (TPSA) is 122 Å². The van der Waals surface area contributed by atoms with Gasteiger partial charge in [-0.05, 0) is 66.4 Å². The number of sulfonamides is 2. The summed E-state index contributed by atoms with van der Waals surface area (Å²) in [5.74, 6) is 0.254. The number of carbonyl (C=O) groups is 1. The van der Waals surface area contributed by atoms with Crippen molar-refractivity contribution in [2.24, 2.45) is 0 Å². The summed E-state index contributed by atoms with van der Waals surface area (Å²) >= 11 is 0. The fraction of sp³-hybridized carbons (Fsp3) is 0.367. The Labute approximate surface area is 248 Å². The van der Waals surface area contributed by atoms with Crippen molar-refractivity contribution in [2.45, 2.75) is 49.0 Å². The largest absolute Gasteiger partial charge is 0.492 e. The molecule has 0 aliphatic carbocycles. The molecule has 226 valence electrons. The van der Waals surface area contributed by atoms with Crippen LogP contribution in [-0.2, 0) is 30.3 Å². The molecule has 3 aromatic rings. The van der Waals surface area contributed by atoms with E-state index in [0.717, 1.165) is 15.4 Å². The summed E-state index contributed by atoms with van der Waals surface area (Å²) in [7, 11) is -4.64. The summed E-state index contributed by atoms with van der Waals surface area (Å²) in [6.07, 6.45) is -1.09. The molecule has 1 heterocycles. The SMILES string of the molecule is Cc1ccc(S(=O)(=O)N2CC(C(=O)NCCOc3ccc(S(=O)(=O)N(C)C)cc3)Oc3ccc(C(C)(C)C)cc32)cc1. The quantitative estimate of drug-likeness (QED) is 0.365. The molecule has 0 fully saturated rings. The number of nitrogens with zero attached hydrogens (tertiary/aromatic N) is 2. The summed E-state index contributed by atoms with van der Waals surface area (Å²) in [5.41, 5.74) is 2.01. The summed E-state index contributed by atoms with van der Waals surface area (Å²) < 4.78 is 66.1. The van der Waals surface area contributed by atoms with E-state index in [1.54, 1.807) is 48.5 Å². The molecule has 4 rings (SSSR count). The van der Waals surface area contributed by atoms with E-state index in [4.69, 9.17) is 9.47 Å². The lowest BCUT2D eigenvalue weighted by atomic mass is 9.86. The number of rotatable bonds is 9. The lowest BCUT2D eigenvalue weighted by molar-refractivity contribution is -0.127. The fourth-order valence-corrected chi connectivity index (χ4v) is 6.66. The monoisotopic (exact) mass is 615 g/mol. The van der Waals surface area contributed by atoms with Crippen LogP contribution in [0, 0.1) is 6.92 Å². The highest BCUT2D eigenvalue weighted by molar-refractivity contribution is 7.92. The number of fused-ring (bicyclic) bond motifs is 1. The van der Waals surface area contributed by atoms with Crippen LogP contribution in [0.15, 0.2) is 76.5 Å². The van der Waals surface area contributed by atoms with Gasteiger partial charge in [0.05, 0.1) is 28.6 Å². The van der Waals surface area contributed by atoms with Gasteiger partial charge in [0.25, 0.3) is 15.9 Å². The number of ether oxygens (including phenoxy) is 2. The number of carbonyl (C=O) groups excluding carboxylic acids is 1. The van der Waals surface area contributed by atoms with Crippen LogP contribution >= 0.6 is 0 Å². The highest BCUT2D eigenvalue weighted by Crippen LogP contribution is 2.40. The van der Waals surface area contributed by atoms with E-state index < -0.39 is 32.1 Å². The van der Waals surface area contributed by atoms with Gasteiger partial charge in [0.15, 0.2) is 6.10 Å². The molecule has 0 bridgehead atoms. The second-order valence-corrected chi connectivity index (χ2v) is 15.3. The zero-order valence-electron chi connectivity index (χ0n) is 24.6. The molecular weight excluding hydrogens is 578 g/mol. The van der Waals surface area contributed by atoms with Gasteiger partial charge in [0.2, 0.25) is 10.0 Å². The van der Waals surface area contributed by atoms with Crippen LogP contribution in [0.25, 0.3) is 0 Å². The number of aryl methyl sites for hydroxylation is 1. The maximum atomic E-state index is 13.8. The van der Waals surface area contributed by atoms with Gasteiger partial charge < -0.3 is 14.8 Å². The Hall–Kier alpha value is -3.61. The van der Waals surface area contributed by atoms with E-state index in [0.29, 0.717) is 17.2 Å². The van der Waals surface area contributed by atoms with Crippen molar-refractivity contribution in [1.82, 2.24) is 9.62 Å². The van der Waals surface area contributed by atoms with Crippen molar-refractivity contribution in [1.29, 1.82) is 0 Å². The van der Waals surface area contributed by atoms with Crippen LogP contribution in [0.4, 0.5) is 5.69 Å². The predicted octanol–water partition coefficient (Wildman–Crippen LogP) is 3.69. The summed E-state index contributed by atoms with van der Waals surface area (Å²) in [6.45, 7) is 8.02. The van der Waals surface area contributed by atoms with Gasteiger partial charge in [-0.25, -0.2) is 21.1 Å². The number of hydrogen-bond donors (Lipinski definition) is 1. The fourth-order valence-electron chi connectivity index (χ4n) is 4.30. The van der Waals surface area contributed by atoms with E-state index in [9.17, 15) is 21.6 Å². The molecule has 42 heavy (non-hydrogen) atoms. The molecule has 0 saturated carbocycles. The van der Waals surface area contributed by atoms with Gasteiger partial charge in [-0.1, -0.05) is 44.5 Å². The summed E-state index contributed by atoms with van der Waals surface area (Å²) in [6, 6.07) is 17.9. The van der Waals surface area contributed by atoms with E-state index in [-0.39, 0.29) is 34.9 Å². The second-order valence-electron chi connectivity index (χ2n) is 11.3. The van der Waals surface area contributed by atoms with Crippen LogP contribution in [0.3, 0.4) is 0 Å². The van der Waals surface area contributed by atoms with E-state index in [2.05, 4.69) is 5.32 Å². The van der Waals surface area contributed by atoms with Crippen LogP contribution in [0.2, 0.25) is 0 Å². The third-order valence-corrected chi connectivity index (χ3v) is 10.5. The molecule has 3 aromatic carbocycles. The van der Waals surface area contributed by atoms with Crippen LogP contribution in [0.1, 0.15) is 31.9 Å². The normalized spacial score (nSPS) is 15.6. The molecule has 0 spiro atoms. The average Bonchev–Trinajstić information content (AvgIpc) is 2.94. The molecule has 1 aliphatic rings. The zero-order chi connectivity index (χ0) is 30.9. The third-order valence-electron chi connectivity index (χ3n) is 6.87. The Kier molecular flexibility index (Phi) is 8.91. The molecule has 1 unspecified atom stereocenters. The lowest BCUT2D eigenvalue weighted by Gasteiger charge is -2.36. The molecule has 1 aliphatic heterocycles. The maximum absolute atomic E-state index is 13.8. The van der Waals surface area contributed by atoms with Gasteiger partial charge in [0.1, 0.15) is 18.1 Å². The molecule has 0 saturated heterocycles. The van der Waals surface area contributed by atoms with Gasteiger partial charge in [-0.15, -0.1) is 0 Å². The van der Waals surface area contributed by atoms with E-state index in [1.807, 2.05) is 33.8 Å². The minimum atomic E-state index is -4.00. The molecule has 1 atom stereocenters. The first-order chi connectivity index (χ1) is 19.6. The number of anilines is 1. The van der Waals surface area contributed by atoms with Gasteiger partial charge >= 0.3 is 0 Å². The number of amides is 1. The van der Waals surface area contributed by atoms with Crippen LogP contribution in [0.5, 0.6) is 11.5 Å². The predicted molar refractivity (Wildman–Crippen MR) is 161 cm³/mol. The number of hydrogen-bond acceptors (Lipinski definition) is 7. The summed E-state index contributed by atoms with van der Waals surface area (Å²) in [4.78, 5) is 13.4. The van der Waals surface area contributed by atoms with Gasteiger partial charge in [-0.3, -0.25) is 9.10 Å². The first-order valence-corrected chi connectivity index (χ1v) is 16.3. The molecule has 10 nitrogen and oxygen atoms in total. The Morgan fingerprint density at radius 1 is 0.976 bits per heavy atom. The van der Waals surface area contributed by atoms with Gasteiger partial charge in [-0.2, -0.15) is 0 Å². The Morgan fingerprint density at radius 2 is 1.60 bits per heavy atom. The van der Waals surface area contributed by atoms with Crippen LogP contribution < -0.4 is 19.1 Å². The first-order valence-electron chi connectivity index (χ1n) is 13.4. The Morgan fingerprint density at radius 3 is 2.19 bits per heavy atom. The molecule has 1 amide bonds. The molecule has 1 N–H and O–H groups in total. The average molecular weight is 616 g/mol. The maximum Gasteiger partial charge on any atom is 0.264 e. The zero-order valence-corrected chi connectivity index (χ0v) is 26.3. The standard InChI is InChI=1S/C30H37N3O7S2/c1-21-7-12-25(13-8-21)42(37,38)33-20-28(40-27-16-9-22(19-26(27)33)30(2,3)4)29(34)31-17-18-39-23-10-14-24(15-11-23)41(35,36)32(5)6/h7-16,19,28H,17-18,20H2,1-6H3,(H,31,34). The third kappa shape index (κ3) is 6.71. The highest BCUT2D eigenvalue weighted by atomic mass is 32.2. The highest BCUT2D eigenvalue weighted by Gasteiger charge is 2.38. The van der Waals surface area contributed by atoms with Crippen molar-refractivity contribution < 1.29 is 31.1 Å². The van der Waals surface area contributed by atoms with Crippen molar-refractivity contribution >= 4 is 31.6 Å². The first kappa shape index (κ1) is 31.3. The number of nitrogens with one attached hydrogen (secondary N) is 1. The number of benzene rings is 3. The van der Waals surface area contributed by atoms with Gasteiger partial charge in [0, 0.05) is 14.1 Å². The molecule has 0 aromatic heterocycles.